The zero-order valence-electron chi connectivity index (χ0n) is 22.4. The normalized spacial score (nSPS) is 17.0. The zero-order chi connectivity index (χ0) is 27.8. The maximum absolute atomic E-state index is 15.3. The van der Waals surface area contributed by atoms with Crippen molar-refractivity contribution in [1.29, 1.82) is 0 Å². The molecule has 0 spiro atoms. The van der Waals surface area contributed by atoms with Crippen LogP contribution in [0.25, 0.3) is 0 Å². The van der Waals surface area contributed by atoms with Crippen LogP contribution in [-0.2, 0) is 11.2 Å². The fourth-order valence-corrected chi connectivity index (χ4v) is 5.72. The first-order valence-electron chi connectivity index (χ1n) is 13.4. The van der Waals surface area contributed by atoms with Crippen LogP contribution in [0.3, 0.4) is 0 Å². The van der Waals surface area contributed by atoms with Crippen LogP contribution in [0, 0.1) is 19.7 Å². The van der Waals surface area contributed by atoms with Crippen molar-refractivity contribution in [1.82, 2.24) is 10.1 Å². The summed E-state index contributed by atoms with van der Waals surface area (Å²) in [5.41, 5.74) is 5.83. The molecule has 2 N–H and O–H groups in total. The summed E-state index contributed by atoms with van der Waals surface area (Å²) < 4.78 is 20.4. The number of fused-ring (bicyclic) bond motifs is 2. The van der Waals surface area contributed by atoms with Gasteiger partial charge in [-0.2, -0.15) is 0 Å². The highest BCUT2D eigenvalue weighted by Crippen LogP contribution is 2.39. The van der Waals surface area contributed by atoms with E-state index in [1.165, 1.54) is 6.07 Å². The molecule has 2 aliphatic rings. The first-order chi connectivity index (χ1) is 19.4. The van der Waals surface area contributed by atoms with Crippen LogP contribution in [-0.4, -0.2) is 48.0 Å². The van der Waals surface area contributed by atoms with Crippen molar-refractivity contribution in [2.45, 2.75) is 26.3 Å². The minimum atomic E-state index is -0.386. The van der Waals surface area contributed by atoms with Gasteiger partial charge in [-0.1, -0.05) is 41.6 Å². The quantitative estimate of drug-likeness (QED) is 0.367. The van der Waals surface area contributed by atoms with Crippen molar-refractivity contribution in [3.05, 3.63) is 106 Å². The lowest BCUT2D eigenvalue weighted by Crippen LogP contribution is -2.48. The number of halogens is 1. The monoisotopic (exact) mass is 539 g/mol. The molecule has 1 aromatic heterocycles. The third-order valence-electron chi connectivity index (χ3n) is 7.77. The van der Waals surface area contributed by atoms with Gasteiger partial charge in [0.05, 0.1) is 23.8 Å². The summed E-state index contributed by atoms with van der Waals surface area (Å²) in [5, 5.41) is 9.72. The van der Waals surface area contributed by atoms with Crippen molar-refractivity contribution in [3.63, 3.8) is 0 Å². The van der Waals surface area contributed by atoms with E-state index in [1.54, 1.807) is 26.0 Å². The van der Waals surface area contributed by atoms with Crippen LogP contribution in [0.5, 0.6) is 0 Å². The van der Waals surface area contributed by atoms with E-state index < -0.39 is 0 Å². The summed E-state index contributed by atoms with van der Waals surface area (Å²) in [5.74, 6) is -0.146. The number of aromatic nitrogens is 1. The van der Waals surface area contributed by atoms with Gasteiger partial charge in [0.2, 0.25) is 5.91 Å². The van der Waals surface area contributed by atoms with Crippen LogP contribution in [0.4, 0.5) is 21.5 Å². The van der Waals surface area contributed by atoms with Gasteiger partial charge in [0.1, 0.15) is 11.6 Å². The van der Waals surface area contributed by atoms with E-state index in [0.717, 1.165) is 22.4 Å². The molecule has 1 atom stereocenters. The highest BCUT2D eigenvalue weighted by molar-refractivity contribution is 6.07. The van der Waals surface area contributed by atoms with E-state index in [-0.39, 0.29) is 30.1 Å². The van der Waals surface area contributed by atoms with Gasteiger partial charge in [0.25, 0.3) is 5.91 Å². The molecule has 1 saturated heterocycles. The summed E-state index contributed by atoms with van der Waals surface area (Å²) >= 11 is 0. The Labute approximate surface area is 231 Å². The second-order valence-electron chi connectivity index (χ2n) is 10.2. The number of hydrogen-bond acceptors (Lipinski definition) is 6. The second-order valence-corrected chi connectivity index (χ2v) is 10.2. The molecule has 6 rings (SSSR count). The van der Waals surface area contributed by atoms with Gasteiger partial charge in [-0.05, 0) is 55.3 Å². The predicted molar refractivity (Wildman–Crippen MR) is 151 cm³/mol. The van der Waals surface area contributed by atoms with E-state index in [4.69, 9.17) is 4.52 Å². The number of benzene rings is 3. The number of carbonyl (C=O) groups is 2. The van der Waals surface area contributed by atoms with E-state index in [9.17, 15) is 9.59 Å². The summed E-state index contributed by atoms with van der Waals surface area (Å²) in [6.07, 6.45) is 0.112. The van der Waals surface area contributed by atoms with Gasteiger partial charge in [-0.25, -0.2) is 4.39 Å². The summed E-state index contributed by atoms with van der Waals surface area (Å²) in [7, 11) is 0. The summed E-state index contributed by atoms with van der Waals surface area (Å²) in [6.45, 7) is 6.18. The molecule has 9 heteroatoms. The molecule has 2 amide bonds. The smallest absolute Gasteiger partial charge is 0.256 e. The van der Waals surface area contributed by atoms with Gasteiger partial charge >= 0.3 is 0 Å². The number of anilines is 3. The second kappa shape index (κ2) is 10.6. The molecular formula is C31H30FN5O3. The first-order valence-corrected chi connectivity index (χ1v) is 13.4. The predicted octanol–water partition coefficient (Wildman–Crippen LogP) is 5.09. The van der Waals surface area contributed by atoms with Crippen molar-refractivity contribution in [2.24, 2.45) is 0 Å². The van der Waals surface area contributed by atoms with Crippen LogP contribution in [0.15, 0.2) is 71.3 Å². The number of para-hydroxylation sites is 1. The van der Waals surface area contributed by atoms with Crippen LogP contribution in [0.1, 0.15) is 44.5 Å². The molecule has 8 nitrogen and oxygen atoms in total. The van der Waals surface area contributed by atoms with Crippen molar-refractivity contribution in [3.8, 4) is 0 Å². The average Bonchev–Trinajstić information content (AvgIpc) is 3.20. The summed E-state index contributed by atoms with van der Waals surface area (Å²) in [4.78, 5) is 29.9. The average molecular weight is 540 g/mol. The number of piperazine rings is 1. The Bertz CT molecular complexity index is 1570. The van der Waals surface area contributed by atoms with Gasteiger partial charge in [-0.15, -0.1) is 0 Å². The van der Waals surface area contributed by atoms with Crippen molar-refractivity contribution < 1.29 is 18.5 Å². The van der Waals surface area contributed by atoms with E-state index in [2.05, 4.69) is 26.8 Å². The topological polar surface area (TPSA) is 90.7 Å². The Morgan fingerprint density at radius 3 is 2.48 bits per heavy atom. The molecule has 204 valence electrons. The Balaban J connectivity index is 1.16. The third kappa shape index (κ3) is 4.84. The van der Waals surface area contributed by atoms with Crippen LogP contribution < -0.4 is 15.5 Å². The number of nitrogens with one attached hydrogen (secondary N) is 2. The van der Waals surface area contributed by atoms with Crippen LogP contribution in [0.2, 0.25) is 0 Å². The molecule has 4 aromatic rings. The lowest BCUT2D eigenvalue weighted by molar-refractivity contribution is -0.115. The fraction of sp³-hybridized carbons (Fsp3) is 0.258. The lowest BCUT2D eigenvalue weighted by Gasteiger charge is -2.41. The summed E-state index contributed by atoms with van der Waals surface area (Å²) in [6, 6.07) is 20.4. The Kier molecular flexibility index (Phi) is 6.81. The maximum atomic E-state index is 15.3. The molecule has 3 aromatic carbocycles. The van der Waals surface area contributed by atoms with Gasteiger partial charge < -0.3 is 20.1 Å². The van der Waals surface area contributed by atoms with Crippen LogP contribution >= 0.6 is 0 Å². The Hall–Kier alpha value is -4.50. The Morgan fingerprint density at radius 2 is 1.75 bits per heavy atom. The van der Waals surface area contributed by atoms with Gasteiger partial charge in [0.15, 0.2) is 0 Å². The zero-order valence-corrected chi connectivity index (χ0v) is 22.4. The molecule has 3 heterocycles. The number of carbonyl (C=O) groups excluding carboxylic acids is 2. The molecule has 2 aliphatic heterocycles. The third-order valence-corrected chi connectivity index (χ3v) is 7.77. The highest BCUT2D eigenvalue weighted by atomic mass is 19.1. The molecule has 1 unspecified atom stereocenters. The first kappa shape index (κ1) is 25.8. The SMILES string of the molecule is Cc1noc(C)c1CC(=O)Nc1ccc(N2CCN(C3c4ccccc4NC(=O)c4ccccc43)CC2)c(F)c1. The molecular weight excluding hydrogens is 509 g/mol. The molecule has 0 aliphatic carbocycles. The molecule has 40 heavy (non-hydrogen) atoms. The molecule has 0 bridgehead atoms. The number of hydrogen-bond donors (Lipinski definition) is 2. The van der Waals surface area contributed by atoms with E-state index >= 15 is 4.39 Å². The van der Waals surface area contributed by atoms with Gasteiger partial charge in [-0.3, -0.25) is 14.5 Å². The number of aryl methyl sites for hydroxylation is 2. The minimum absolute atomic E-state index is 0.0892. The standard InChI is InChI=1S/C31H30FN5O3/c1-19-25(20(2)40-35-19)18-29(38)33-21-11-12-28(26(32)17-21)36-13-15-37(16-14-36)30-22-7-3-4-8-23(22)31(39)34-27-10-6-5-9-24(27)30/h3-12,17,30H,13-16,18H2,1-2H3,(H,33,38)(H,34,39). The molecule has 0 radical (unpaired) electrons. The van der Waals surface area contributed by atoms with Crippen molar-refractivity contribution >= 4 is 28.9 Å². The maximum Gasteiger partial charge on any atom is 0.256 e. The number of nitrogens with zero attached hydrogens (tertiary/aromatic N) is 3. The van der Waals surface area contributed by atoms with E-state index in [0.29, 0.717) is 54.6 Å². The Morgan fingerprint density at radius 1 is 1.02 bits per heavy atom. The minimum Gasteiger partial charge on any atom is -0.367 e. The molecule has 1 fully saturated rings. The fourth-order valence-electron chi connectivity index (χ4n) is 5.72. The number of rotatable bonds is 5. The highest BCUT2D eigenvalue weighted by Gasteiger charge is 2.33. The van der Waals surface area contributed by atoms with Gasteiger partial charge in [0, 0.05) is 48.7 Å². The van der Waals surface area contributed by atoms with Crippen molar-refractivity contribution in [2.75, 3.05) is 41.7 Å². The lowest BCUT2D eigenvalue weighted by atomic mass is 9.93. The number of amides is 2. The largest absolute Gasteiger partial charge is 0.367 e. The van der Waals surface area contributed by atoms with E-state index in [1.807, 2.05) is 47.4 Å². The molecule has 0 saturated carbocycles.